The highest BCUT2D eigenvalue weighted by molar-refractivity contribution is 7.89. The van der Waals surface area contributed by atoms with Crippen molar-refractivity contribution >= 4 is 22.0 Å². The molecule has 0 aromatic heterocycles. The number of sulfonamides is 1. The molecule has 0 spiro atoms. The molecule has 1 rings (SSSR count). The number of nitrogens with one attached hydrogen (secondary N) is 1. The predicted molar refractivity (Wildman–Crippen MR) is 69.4 cm³/mol. The SMILES string of the molecule is COC(=O)CCC(NS(=O)(=O)c1cccc(F)c1)C(=O)O. The molecule has 7 nitrogen and oxygen atoms in total. The molecule has 9 heteroatoms. The van der Waals surface area contributed by atoms with Gasteiger partial charge in [0, 0.05) is 6.42 Å². The van der Waals surface area contributed by atoms with Gasteiger partial charge in [-0.3, -0.25) is 9.59 Å². The molecule has 21 heavy (non-hydrogen) atoms. The molecular weight excluding hydrogens is 305 g/mol. The molecule has 0 amide bonds. The van der Waals surface area contributed by atoms with Gasteiger partial charge in [0.15, 0.2) is 0 Å². The van der Waals surface area contributed by atoms with Crippen molar-refractivity contribution in [2.45, 2.75) is 23.8 Å². The first-order chi connectivity index (χ1) is 9.76. The van der Waals surface area contributed by atoms with Gasteiger partial charge in [0.25, 0.3) is 0 Å². The van der Waals surface area contributed by atoms with Crippen LogP contribution in [0.15, 0.2) is 29.2 Å². The van der Waals surface area contributed by atoms with Crippen LogP contribution in [0.3, 0.4) is 0 Å². The summed E-state index contributed by atoms with van der Waals surface area (Å²) >= 11 is 0. The van der Waals surface area contributed by atoms with Gasteiger partial charge < -0.3 is 9.84 Å². The van der Waals surface area contributed by atoms with Crippen molar-refractivity contribution in [1.82, 2.24) is 4.72 Å². The predicted octanol–water partition coefficient (Wildman–Crippen LogP) is 0.510. The first-order valence-electron chi connectivity index (χ1n) is 5.84. The summed E-state index contributed by atoms with van der Waals surface area (Å²) in [6.07, 6.45) is -0.546. The summed E-state index contributed by atoms with van der Waals surface area (Å²) in [7, 11) is -3.07. The van der Waals surface area contributed by atoms with Crippen molar-refractivity contribution in [3.8, 4) is 0 Å². The maximum atomic E-state index is 13.0. The van der Waals surface area contributed by atoms with Crippen molar-refractivity contribution in [1.29, 1.82) is 0 Å². The molecule has 0 aliphatic rings. The molecule has 0 bridgehead atoms. The summed E-state index contributed by atoms with van der Waals surface area (Å²) < 4.78 is 43.2. The van der Waals surface area contributed by atoms with Gasteiger partial charge in [0.05, 0.1) is 12.0 Å². The lowest BCUT2D eigenvalue weighted by atomic mass is 10.2. The van der Waals surface area contributed by atoms with E-state index in [-0.39, 0.29) is 12.8 Å². The number of carboxylic acid groups (broad SMARTS) is 1. The quantitative estimate of drug-likeness (QED) is 0.709. The van der Waals surface area contributed by atoms with E-state index in [1.54, 1.807) is 0 Å². The van der Waals surface area contributed by atoms with E-state index in [2.05, 4.69) is 4.74 Å². The molecule has 2 N–H and O–H groups in total. The van der Waals surface area contributed by atoms with Gasteiger partial charge in [-0.1, -0.05) is 6.07 Å². The molecule has 1 atom stereocenters. The number of aliphatic carboxylic acids is 1. The van der Waals surface area contributed by atoms with Gasteiger partial charge in [-0.25, -0.2) is 12.8 Å². The number of halogens is 1. The van der Waals surface area contributed by atoms with Gasteiger partial charge in [-0.15, -0.1) is 0 Å². The zero-order chi connectivity index (χ0) is 16.0. The normalized spacial score (nSPS) is 12.7. The van der Waals surface area contributed by atoms with Gasteiger partial charge in [-0.2, -0.15) is 4.72 Å². The minimum absolute atomic E-state index is 0.265. The number of methoxy groups -OCH3 is 1. The highest BCUT2D eigenvalue weighted by Gasteiger charge is 2.26. The standard InChI is InChI=1S/C12H14FNO6S/c1-20-11(15)6-5-10(12(16)17)14-21(18,19)9-4-2-3-8(13)7-9/h2-4,7,10,14H,5-6H2,1H3,(H,16,17). The molecule has 0 aliphatic heterocycles. The number of benzene rings is 1. The summed E-state index contributed by atoms with van der Waals surface area (Å²) in [5, 5.41) is 8.97. The van der Waals surface area contributed by atoms with Crippen LogP contribution in [-0.4, -0.2) is 38.6 Å². The van der Waals surface area contributed by atoms with Crippen molar-refractivity contribution < 1.29 is 32.2 Å². The summed E-state index contributed by atoms with van der Waals surface area (Å²) in [5.74, 6) is -2.87. The smallest absolute Gasteiger partial charge is 0.321 e. The minimum Gasteiger partial charge on any atom is -0.480 e. The van der Waals surface area contributed by atoms with Crippen LogP contribution >= 0.6 is 0 Å². The number of carbonyl (C=O) groups is 2. The largest absolute Gasteiger partial charge is 0.480 e. The highest BCUT2D eigenvalue weighted by atomic mass is 32.2. The fourth-order valence-corrected chi connectivity index (χ4v) is 2.74. The molecule has 0 saturated heterocycles. The maximum absolute atomic E-state index is 13.0. The third-order valence-corrected chi connectivity index (χ3v) is 4.04. The number of esters is 1. The zero-order valence-electron chi connectivity index (χ0n) is 11.1. The molecular formula is C12H14FNO6S. The Morgan fingerprint density at radius 1 is 1.43 bits per heavy atom. The molecule has 0 heterocycles. The Kier molecular flexibility index (Phi) is 5.79. The molecule has 0 saturated carbocycles. The number of carboxylic acids is 1. The van der Waals surface area contributed by atoms with Crippen molar-refractivity contribution in [3.63, 3.8) is 0 Å². The Balaban J connectivity index is 2.87. The molecule has 1 aromatic carbocycles. The van der Waals surface area contributed by atoms with E-state index < -0.39 is 38.7 Å². The Morgan fingerprint density at radius 3 is 2.62 bits per heavy atom. The van der Waals surface area contributed by atoms with E-state index in [1.165, 1.54) is 6.07 Å². The van der Waals surface area contributed by atoms with Crippen LogP contribution in [0.5, 0.6) is 0 Å². The summed E-state index contributed by atoms with van der Waals surface area (Å²) in [6, 6.07) is 2.63. The van der Waals surface area contributed by atoms with Crippen LogP contribution in [0.2, 0.25) is 0 Å². The monoisotopic (exact) mass is 319 g/mol. The third kappa shape index (κ3) is 5.12. The number of ether oxygens (including phenoxy) is 1. The lowest BCUT2D eigenvalue weighted by molar-refractivity contribution is -0.142. The second kappa shape index (κ2) is 7.14. The van der Waals surface area contributed by atoms with Gasteiger partial charge >= 0.3 is 11.9 Å². The Hall–Kier alpha value is -2.00. The first kappa shape index (κ1) is 17.1. The van der Waals surface area contributed by atoms with Crippen molar-refractivity contribution in [2.75, 3.05) is 7.11 Å². The average molecular weight is 319 g/mol. The van der Waals surface area contributed by atoms with Crippen molar-refractivity contribution in [3.05, 3.63) is 30.1 Å². The van der Waals surface area contributed by atoms with Crippen LogP contribution in [-0.2, 0) is 24.3 Å². The zero-order valence-corrected chi connectivity index (χ0v) is 11.9. The second-order valence-corrected chi connectivity index (χ2v) is 5.80. The summed E-state index contributed by atoms with van der Waals surface area (Å²) in [4.78, 5) is 21.6. The third-order valence-electron chi connectivity index (χ3n) is 2.57. The van der Waals surface area contributed by atoms with Gasteiger partial charge in [0.2, 0.25) is 10.0 Å². The Bertz CT molecular complexity index is 630. The van der Waals surface area contributed by atoms with Crippen LogP contribution in [0.4, 0.5) is 4.39 Å². The first-order valence-corrected chi connectivity index (χ1v) is 7.32. The average Bonchev–Trinajstić information content (AvgIpc) is 2.42. The van der Waals surface area contributed by atoms with Crippen LogP contribution in [0.1, 0.15) is 12.8 Å². The number of carbonyl (C=O) groups excluding carboxylic acids is 1. The van der Waals surface area contributed by atoms with Gasteiger partial charge in [-0.05, 0) is 24.6 Å². The minimum atomic E-state index is -4.20. The number of rotatable bonds is 7. The molecule has 0 aliphatic carbocycles. The van der Waals surface area contributed by atoms with E-state index in [0.29, 0.717) is 0 Å². The number of hydrogen-bond acceptors (Lipinski definition) is 5. The van der Waals surface area contributed by atoms with E-state index in [0.717, 1.165) is 25.3 Å². The molecule has 1 aromatic rings. The van der Waals surface area contributed by atoms with Crippen molar-refractivity contribution in [2.24, 2.45) is 0 Å². The topological polar surface area (TPSA) is 110 Å². The molecule has 0 radical (unpaired) electrons. The van der Waals surface area contributed by atoms with E-state index in [1.807, 2.05) is 4.72 Å². The lowest BCUT2D eigenvalue weighted by Crippen LogP contribution is -2.41. The lowest BCUT2D eigenvalue weighted by Gasteiger charge is -2.14. The van der Waals surface area contributed by atoms with E-state index in [4.69, 9.17) is 5.11 Å². The van der Waals surface area contributed by atoms with Gasteiger partial charge in [0.1, 0.15) is 11.9 Å². The molecule has 116 valence electrons. The highest BCUT2D eigenvalue weighted by Crippen LogP contribution is 2.12. The van der Waals surface area contributed by atoms with Crippen LogP contribution in [0.25, 0.3) is 0 Å². The second-order valence-electron chi connectivity index (χ2n) is 4.08. The van der Waals surface area contributed by atoms with Crippen LogP contribution in [0, 0.1) is 5.82 Å². The maximum Gasteiger partial charge on any atom is 0.321 e. The molecule has 0 fully saturated rings. The van der Waals surface area contributed by atoms with E-state index >= 15 is 0 Å². The fourth-order valence-electron chi connectivity index (χ4n) is 1.49. The summed E-state index contributed by atoms with van der Waals surface area (Å²) in [6.45, 7) is 0. The molecule has 1 unspecified atom stereocenters. The fraction of sp³-hybridized carbons (Fsp3) is 0.333. The number of hydrogen-bond donors (Lipinski definition) is 2. The Labute approximate surface area is 120 Å². The van der Waals surface area contributed by atoms with Crippen LogP contribution < -0.4 is 4.72 Å². The summed E-state index contributed by atoms with van der Waals surface area (Å²) in [5.41, 5.74) is 0. The Morgan fingerprint density at radius 2 is 2.10 bits per heavy atom. The van der Waals surface area contributed by atoms with E-state index in [9.17, 15) is 22.4 Å².